The first-order valence-corrected chi connectivity index (χ1v) is 10.8. The number of amides is 2. The molecule has 0 spiro atoms. The Labute approximate surface area is 177 Å². The fourth-order valence-corrected chi connectivity index (χ4v) is 4.47. The molecule has 1 heterocycles. The number of nitrogens with one attached hydrogen (secondary N) is 1. The van der Waals surface area contributed by atoms with E-state index in [4.69, 9.17) is 4.74 Å². The molecule has 3 unspecified atom stereocenters. The number of nitro benzene ring substituents is 1. The molecule has 2 fully saturated rings. The molecule has 8 nitrogen and oxygen atoms in total. The third-order valence-electron chi connectivity index (χ3n) is 6.22. The number of hydrogen-bond donors (Lipinski definition) is 1. The summed E-state index contributed by atoms with van der Waals surface area (Å²) in [6.45, 7) is 5.23. The minimum Gasteiger partial charge on any atom is -0.376 e. The highest BCUT2D eigenvalue weighted by molar-refractivity contribution is 5.98. The quantitative estimate of drug-likeness (QED) is 0.417. The van der Waals surface area contributed by atoms with E-state index >= 15 is 0 Å². The Balaban J connectivity index is 1.53. The van der Waals surface area contributed by atoms with Crippen LogP contribution in [0.5, 0.6) is 0 Å². The summed E-state index contributed by atoms with van der Waals surface area (Å²) in [5.74, 6) is 0.125. The molecular weight excluding hydrogens is 386 g/mol. The van der Waals surface area contributed by atoms with E-state index in [2.05, 4.69) is 12.2 Å². The van der Waals surface area contributed by atoms with Crippen molar-refractivity contribution in [2.24, 2.45) is 5.92 Å². The zero-order chi connectivity index (χ0) is 21.7. The molecule has 0 aromatic heterocycles. The fourth-order valence-electron chi connectivity index (χ4n) is 4.47. The largest absolute Gasteiger partial charge is 0.376 e. The predicted octanol–water partition coefficient (Wildman–Crippen LogP) is 3.22. The van der Waals surface area contributed by atoms with Crippen LogP contribution in [-0.2, 0) is 9.53 Å². The van der Waals surface area contributed by atoms with Gasteiger partial charge in [-0.3, -0.25) is 19.7 Å². The van der Waals surface area contributed by atoms with Gasteiger partial charge in [0.2, 0.25) is 5.91 Å². The highest BCUT2D eigenvalue weighted by Gasteiger charge is 2.34. The van der Waals surface area contributed by atoms with E-state index in [-0.39, 0.29) is 23.6 Å². The van der Waals surface area contributed by atoms with E-state index in [1.807, 2.05) is 0 Å². The highest BCUT2D eigenvalue weighted by atomic mass is 16.6. The number of aryl methyl sites for hydroxylation is 1. The molecule has 8 heteroatoms. The zero-order valence-corrected chi connectivity index (χ0v) is 17.8. The Morgan fingerprint density at radius 1 is 1.23 bits per heavy atom. The number of nitro groups is 1. The number of ether oxygens (including phenoxy) is 1. The number of benzene rings is 1. The molecule has 1 aliphatic carbocycles. The Morgan fingerprint density at radius 3 is 2.70 bits per heavy atom. The van der Waals surface area contributed by atoms with Crippen molar-refractivity contribution in [1.29, 1.82) is 0 Å². The molecule has 3 atom stereocenters. The van der Waals surface area contributed by atoms with E-state index < -0.39 is 11.0 Å². The van der Waals surface area contributed by atoms with E-state index in [1.165, 1.54) is 37.5 Å². The van der Waals surface area contributed by atoms with Crippen molar-refractivity contribution in [3.8, 4) is 0 Å². The summed E-state index contributed by atoms with van der Waals surface area (Å²) in [5, 5.41) is 13.9. The highest BCUT2D eigenvalue weighted by Crippen LogP contribution is 2.26. The molecule has 1 saturated heterocycles. The van der Waals surface area contributed by atoms with Crippen LogP contribution in [0.2, 0.25) is 0 Å². The van der Waals surface area contributed by atoms with Crippen LogP contribution in [0.4, 0.5) is 5.69 Å². The van der Waals surface area contributed by atoms with Crippen molar-refractivity contribution >= 4 is 17.5 Å². The van der Waals surface area contributed by atoms with Crippen LogP contribution in [-0.4, -0.2) is 53.5 Å². The topological polar surface area (TPSA) is 102 Å². The van der Waals surface area contributed by atoms with Gasteiger partial charge < -0.3 is 15.0 Å². The summed E-state index contributed by atoms with van der Waals surface area (Å²) >= 11 is 0. The lowest BCUT2D eigenvalue weighted by atomic mass is 9.88. The molecule has 1 aromatic rings. The molecule has 3 rings (SSSR count). The molecule has 164 valence electrons. The molecule has 2 amide bonds. The number of nitrogens with zero attached hydrogens (tertiary/aromatic N) is 2. The number of rotatable bonds is 7. The first-order valence-electron chi connectivity index (χ1n) is 10.8. The Bertz CT molecular complexity index is 797. The SMILES string of the molecule is Cc1cc(C(=O)N2CCCC2C(=O)NCCOC2CCCCC2C)ccc1[N+](=O)[O-]. The molecule has 1 aromatic carbocycles. The molecule has 1 aliphatic heterocycles. The summed E-state index contributed by atoms with van der Waals surface area (Å²) < 4.78 is 5.95. The Morgan fingerprint density at radius 2 is 2.00 bits per heavy atom. The first kappa shape index (κ1) is 22.2. The Kier molecular flexibility index (Phi) is 7.42. The van der Waals surface area contributed by atoms with Gasteiger partial charge in [0, 0.05) is 30.3 Å². The maximum Gasteiger partial charge on any atom is 0.272 e. The third-order valence-corrected chi connectivity index (χ3v) is 6.22. The molecule has 1 N–H and O–H groups in total. The van der Waals surface area contributed by atoms with E-state index in [0.29, 0.717) is 43.2 Å². The maximum atomic E-state index is 12.9. The lowest BCUT2D eigenvalue weighted by Crippen LogP contribution is -2.46. The standard InChI is InChI=1S/C22H31N3O5/c1-15-6-3-4-8-20(15)30-13-11-23-21(26)19-7-5-12-24(19)22(27)17-9-10-18(25(28)29)16(2)14-17/h9-10,14-15,19-20H,3-8,11-13H2,1-2H3,(H,23,26). The van der Waals surface area contributed by atoms with Gasteiger partial charge in [-0.2, -0.15) is 0 Å². The molecule has 0 radical (unpaired) electrons. The van der Waals surface area contributed by atoms with Crippen LogP contribution < -0.4 is 5.32 Å². The van der Waals surface area contributed by atoms with Gasteiger partial charge in [0.05, 0.1) is 17.6 Å². The van der Waals surface area contributed by atoms with Crippen LogP contribution in [0.3, 0.4) is 0 Å². The second-order valence-corrected chi connectivity index (χ2v) is 8.38. The van der Waals surface area contributed by atoms with E-state index in [1.54, 1.807) is 11.8 Å². The van der Waals surface area contributed by atoms with Crippen molar-refractivity contribution < 1.29 is 19.2 Å². The van der Waals surface area contributed by atoms with Crippen LogP contribution in [0.15, 0.2) is 18.2 Å². The Hall–Kier alpha value is -2.48. The van der Waals surface area contributed by atoms with Crippen LogP contribution >= 0.6 is 0 Å². The molecule has 2 aliphatic rings. The molecule has 0 bridgehead atoms. The second kappa shape index (κ2) is 10.0. The summed E-state index contributed by atoms with van der Waals surface area (Å²) in [6.07, 6.45) is 6.37. The van der Waals surface area contributed by atoms with Gasteiger partial charge in [-0.05, 0) is 50.7 Å². The van der Waals surface area contributed by atoms with Crippen LogP contribution in [0, 0.1) is 23.0 Å². The van der Waals surface area contributed by atoms with Gasteiger partial charge in [-0.1, -0.05) is 19.8 Å². The third kappa shape index (κ3) is 5.16. The monoisotopic (exact) mass is 417 g/mol. The van der Waals surface area contributed by atoms with Gasteiger partial charge in [-0.25, -0.2) is 0 Å². The van der Waals surface area contributed by atoms with Crippen LogP contribution in [0.25, 0.3) is 0 Å². The average Bonchev–Trinajstić information content (AvgIpc) is 3.21. The summed E-state index contributed by atoms with van der Waals surface area (Å²) in [5.41, 5.74) is 0.780. The summed E-state index contributed by atoms with van der Waals surface area (Å²) in [6, 6.07) is 3.81. The van der Waals surface area contributed by atoms with E-state index in [9.17, 15) is 19.7 Å². The van der Waals surface area contributed by atoms with Crippen molar-refractivity contribution in [1.82, 2.24) is 10.2 Å². The molecule has 1 saturated carbocycles. The van der Waals surface area contributed by atoms with Crippen molar-refractivity contribution in [3.63, 3.8) is 0 Å². The predicted molar refractivity (Wildman–Crippen MR) is 112 cm³/mol. The van der Waals surface area contributed by atoms with Crippen molar-refractivity contribution in [3.05, 3.63) is 39.4 Å². The first-order chi connectivity index (χ1) is 14.4. The smallest absolute Gasteiger partial charge is 0.272 e. The number of carbonyl (C=O) groups excluding carboxylic acids is 2. The minimum atomic E-state index is -0.512. The summed E-state index contributed by atoms with van der Waals surface area (Å²) in [4.78, 5) is 37.7. The minimum absolute atomic E-state index is 0.0189. The van der Waals surface area contributed by atoms with Gasteiger partial charge >= 0.3 is 0 Å². The zero-order valence-electron chi connectivity index (χ0n) is 17.8. The average molecular weight is 418 g/mol. The lowest BCUT2D eigenvalue weighted by molar-refractivity contribution is -0.385. The number of hydrogen-bond acceptors (Lipinski definition) is 5. The van der Waals surface area contributed by atoms with Gasteiger partial charge in [0.1, 0.15) is 6.04 Å². The van der Waals surface area contributed by atoms with Crippen molar-refractivity contribution in [2.45, 2.75) is 64.5 Å². The van der Waals surface area contributed by atoms with Gasteiger partial charge in [-0.15, -0.1) is 0 Å². The number of carbonyl (C=O) groups is 2. The van der Waals surface area contributed by atoms with Gasteiger partial charge in [0.25, 0.3) is 11.6 Å². The maximum absolute atomic E-state index is 12.9. The molecular formula is C22H31N3O5. The normalized spacial score (nSPS) is 23.9. The van der Waals surface area contributed by atoms with Crippen LogP contribution in [0.1, 0.15) is 61.4 Å². The van der Waals surface area contributed by atoms with Gasteiger partial charge in [0.15, 0.2) is 0 Å². The summed E-state index contributed by atoms with van der Waals surface area (Å²) in [7, 11) is 0. The van der Waals surface area contributed by atoms with Crippen molar-refractivity contribution in [2.75, 3.05) is 19.7 Å². The fraction of sp³-hybridized carbons (Fsp3) is 0.636. The lowest BCUT2D eigenvalue weighted by Gasteiger charge is -2.29. The van der Waals surface area contributed by atoms with E-state index in [0.717, 1.165) is 12.8 Å². The number of likely N-dealkylation sites (tertiary alicyclic amines) is 1. The molecule has 30 heavy (non-hydrogen) atoms. The second-order valence-electron chi connectivity index (χ2n) is 8.38.